The van der Waals surface area contributed by atoms with Crippen LogP contribution in [0.5, 0.6) is 5.75 Å². The maximum atomic E-state index is 11.9. The summed E-state index contributed by atoms with van der Waals surface area (Å²) in [4.78, 5) is 0.287. The van der Waals surface area contributed by atoms with E-state index in [2.05, 4.69) is 15.9 Å². The summed E-state index contributed by atoms with van der Waals surface area (Å²) in [6.45, 7) is 0.411. The molecule has 0 saturated carbocycles. The van der Waals surface area contributed by atoms with E-state index < -0.39 is 9.84 Å². The minimum absolute atomic E-state index is 0.287. The summed E-state index contributed by atoms with van der Waals surface area (Å²) in [6, 6.07) is 14.8. The molecule has 1 heterocycles. The summed E-state index contributed by atoms with van der Waals surface area (Å²) in [6.07, 6.45) is 0. The largest absolute Gasteiger partial charge is 0.489 e. The zero-order valence-electron chi connectivity index (χ0n) is 10.4. The molecule has 0 aliphatic carbocycles. The highest BCUT2D eigenvalue weighted by Gasteiger charge is 2.26. The molecule has 3 nitrogen and oxygen atoms in total. The van der Waals surface area contributed by atoms with E-state index in [0.717, 1.165) is 5.56 Å². The van der Waals surface area contributed by atoms with Crippen LogP contribution in [0.25, 0.3) is 4.48 Å². The number of sulfone groups is 1. The van der Waals surface area contributed by atoms with Crippen molar-refractivity contribution in [1.29, 1.82) is 0 Å². The van der Waals surface area contributed by atoms with Crippen molar-refractivity contribution in [2.75, 3.05) is 0 Å². The molecule has 102 valence electrons. The highest BCUT2D eigenvalue weighted by atomic mass is 79.9. The summed E-state index contributed by atoms with van der Waals surface area (Å²) in [5.74, 6) is 0.548. The van der Waals surface area contributed by atoms with Crippen molar-refractivity contribution in [3.05, 3.63) is 65.1 Å². The maximum Gasteiger partial charge on any atom is 0.201 e. The highest BCUT2D eigenvalue weighted by Crippen LogP contribution is 2.38. The molecule has 0 spiro atoms. The van der Waals surface area contributed by atoms with Gasteiger partial charge in [-0.15, -0.1) is 0 Å². The summed E-state index contributed by atoms with van der Waals surface area (Å²) in [5.41, 5.74) is 1.72. The fourth-order valence-corrected chi connectivity index (χ4v) is 4.54. The minimum Gasteiger partial charge on any atom is -0.489 e. The van der Waals surface area contributed by atoms with Gasteiger partial charge in [-0.2, -0.15) is 0 Å². The zero-order chi connectivity index (χ0) is 14.2. The van der Waals surface area contributed by atoms with Gasteiger partial charge < -0.3 is 4.74 Å². The Morgan fingerprint density at radius 1 is 1.05 bits per heavy atom. The van der Waals surface area contributed by atoms with Crippen molar-refractivity contribution in [3.63, 3.8) is 0 Å². The first kappa shape index (κ1) is 13.4. The molecule has 0 amide bonds. The topological polar surface area (TPSA) is 43.4 Å². The number of fused-ring (bicyclic) bond motifs is 1. The smallest absolute Gasteiger partial charge is 0.201 e. The Hall–Kier alpha value is -1.59. The van der Waals surface area contributed by atoms with Crippen LogP contribution < -0.4 is 4.74 Å². The molecule has 0 radical (unpaired) electrons. The van der Waals surface area contributed by atoms with Crippen molar-refractivity contribution < 1.29 is 13.2 Å². The molecule has 0 bridgehead atoms. The number of halogens is 1. The van der Waals surface area contributed by atoms with E-state index in [1.165, 1.54) is 5.41 Å². The molecular formula is C15H11BrO3S. The molecule has 20 heavy (non-hydrogen) atoms. The van der Waals surface area contributed by atoms with Crippen LogP contribution in [0.4, 0.5) is 0 Å². The first-order chi connectivity index (χ1) is 9.56. The third kappa shape index (κ3) is 2.51. The van der Waals surface area contributed by atoms with Crippen molar-refractivity contribution in [3.8, 4) is 5.75 Å². The van der Waals surface area contributed by atoms with E-state index in [4.69, 9.17) is 4.74 Å². The first-order valence-corrected chi connectivity index (χ1v) is 8.34. The third-order valence-corrected chi connectivity index (χ3v) is 5.48. The summed E-state index contributed by atoms with van der Waals surface area (Å²) >= 11 is 3.25. The summed E-state index contributed by atoms with van der Waals surface area (Å²) in [5, 5.41) is 1.22. The van der Waals surface area contributed by atoms with Crippen LogP contribution in [0.2, 0.25) is 0 Å². The molecule has 0 saturated heterocycles. The van der Waals surface area contributed by atoms with Crippen molar-refractivity contribution in [1.82, 2.24) is 0 Å². The lowest BCUT2D eigenvalue weighted by Gasteiger charge is -2.08. The van der Waals surface area contributed by atoms with Gasteiger partial charge >= 0.3 is 0 Å². The maximum absolute atomic E-state index is 11.9. The molecule has 3 rings (SSSR count). The van der Waals surface area contributed by atoms with Gasteiger partial charge in [0.15, 0.2) is 0 Å². The van der Waals surface area contributed by atoms with E-state index in [1.807, 2.05) is 30.3 Å². The van der Waals surface area contributed by atoms with Gasteiger partial charge in [-0.3, -0.25) is 0 Å². The van der Waals surface area contributed by atoms with Gasteiger partial charge in [-0.25, -0.2) is 8.42 Å². The molecule has 2 aromatic carbocycles. The highest BCUT2D eigenvalue weighted by molar-refractivity contribution is 9.15. The van der Waals surface area contributed by atoms with E-state index in [0.29, 0.717) is 22.4 Å². The Balaban J connectivity index is 1.85. The van der Waals surface area contributed by atoms with E-state index >= 15 is 0 Å². The van der Waals surface area contributed by atoms with Crippen LogP contribution in [0.3, 0.4) is 0 Å². The second-order valence-corrected chi connectivity index (χ2v) is 7.06. The lowest BCUT2D eigenvalue weighted by atomic mass is 10.2. The van der Waals surface area contributed by atoms with E-state index in [-0.39, 0.29) is 4.90 Å². The predicted octanol–water partition coefficient (Wildman–Crippen LogP) is 3.75. The number of ether oxygens (including phenoxy) is 1. The van der Waals surface area contributed by atoms with Gasteiger partial charge in [0.25, 0.3) is 0 Å². The average Bonchev–Trinajstić information content (AvgIpc) is 2.67. The second kappa shape index (κ2) is 5.07. The van der Waals surface area contributed by atoms with Gasteiger partial charge in [0.1, 0.15) is 12.4 Å². The SMILES string of the molecule is O=S1(=O)C=C(Br)c2ccc(OCc3ccccc3)cc21. The summed E-state index contributed by atoms with van der Waals surface area (Å²) < 4.78 is 30.1. The molecule has 0 unspecified atom stereocenters. The molecule has 1 aliphatic rings. The van der Waals surface area contributed by atoms with Gasteiger partial charge in [0.2, 0.25) is 9.84 Å². The molecule has 1 aliphatic heterocycles. The van der Waals surface area contributed by atoms with Crippen LogP contribution in [0.15, 0.2) is 58.8 Å². The molecular weight excluding hydrogens is 340 g/mol. The van der Waals surface area contributed by atoms with Crippen LogP contribution >= 0.6 is 15.9 Å². The summed E-state index contributed by atoms with van der Waals surface area (Å²) in [7, 11) is -3.35. The molecule has 0 atom stereocenters. The van der Waals surface area contributed by atoms with Crippen molar-refractivity contribution in [2.45, 2.75) is 11.5 Å². The van der Waals surface area contributed by atoms with Gasteiger partial charge in [0, 0.05) is 10.0 Å². The Labute approximate surface area is 125 Å². The third-order valence-electron chi connectivity index (χ3n) is 3.02. The fourth-order valence-electron chi connectivity index (χ4n) is 2.03. The Morgan fingerprint density at radius 3 is 2.55 bits per heavy atom. The zero-order valence-corrected chi connectivity index (χ0v) is 12.8. The molecule has 2 aromatic rings. The Bertz CT molecular complexity index is 780. The number of hydrogen-bond donors (Lipinski definition) is 0. The second-order valence-electron chi connectivity index (χ2n) is 4.44. The quantitative estimate of drug-likeness (QED) is 0.846. The number of rotatable bonds is 3. The lowest BCUT2D eigenvalue weighted by Crippen LogP contribution is -1.98. The van der Waals surface area contributed by atoms with Crippen LogP contribution in [-0.4, -0.2) is 8.42 Å². The van der Waals surface area contributed by atoms with Crippen LogP contribution in [-0.2, 0) is 16.4 Å². The number of hydrogen-bond acceptors (Lipinski definition) is 3. The number of benzene rings is 2. The van der Waals surface area contributed by atoms with Crippen molar-refractivity contribution in [2.24, 2.45) is 0 Å². The monoisotopic (exact) mass is 350 g/mol. The van der Waals surface area contributed by atoms with Gasteiger partial charge in [-0.1, -0.05) is 30.3 Å². The molecule has 0 fully saturated rings. The fraction of sp³-hybridized carbons (Fsp3) is 0.0667. The Morgan fingerprint density at radius 2 is 1.80 bits per heavy atom. The van der Waals surface area contributed by atoms with Crippen LogP contribution in [0.1, 0.15) is 11.1 Å². The van der Waals surface area contributed by atoms with E-state index in [1.54, 1.807) is 18.2 Å². The first-order valence-electron chi connectivity index (χ1n) is 6.00. The van der Waals surface area contributed by atoms with Crippen molar-refractivity contribution >= 4 is 30.2 Å². The van der Waals surface area contributed by atoms with Gasteiger partial charge in [-0.05, 0) is 39.7 Å². The molecule has 0 aromatic heterocycles. The predicted molar refractivity (Wildman–Crippen MR) is 81.3 cm³/mol. The van der Waals surface area contributed by atoms with E-state index in [9.17, 15) is 8.42 Å². The molecule has 0 N–H and O–H groups in total. The minimum atomic E-state index is -3.35. The lowest BCUT2D eigenvalue weighted by molar-refractivity contribution is 0.305. The molecule has 5 heteroatoms. The normalized spacial score (nSPS) is 15.6. The standard InChI is InChI=1S/C15H11BrO3S/c16-14-10-20(17,18)15-8-12(6-7-13(14)15)19-9-11-4-2-1-3-5-11/h1-8,10H,9H2. The average molecular weight is 351 g/mol. The Kier molecular flexibility index (Phi) is 3.40. The van der Waals surface area contributed by atoms with Gasteiger partial charge in [0.05, 0.1) is 10.3 Å². The van der Waals surface area contributed by atoms with Crippen LogP contribution in [0, 0.1) is 0 Å².